The summed E-state index contributed by atoms with van der Waals surface area (Å²) in [6.45, 7) is 7.93. The van der Waals surface area contributed by atoms with Crippen LogP contribution in [0.1, 0.15) is 33.1 Å². The van der Waals surface area contributed by atoms with E-state index in [1.54, 1.807) is 0 Å². The van der Waals surface area contributed by atoms with Crippen molar-refractivity contribution in [3.63, 3.8) is 0 Å². The van der Waals surface area contributed by atoms with Crippen molar-refractivity contribution in [3.8, 4) is 0 Å². The summed E-state index contributed by atoms with van der Waals surface area (Å²) in [7, 11) is 0. The second-order valence-electron chi connectivity index (χ2n) is 2.56. The monoisotopic (exact) mass is 137 g/mol. The van der Waals surface area contributed by atoms with E-state index in [9.17, 15) is 0 Å². The summed E-state index contributed by atoms with van der Waals surface area (Å²) < 4.78 is 0. The first-order valence-electron chi connectivity index (χ1n) is 3.84. The van der Waals surface area contributed by atoms with Gasteiger partial charge in [-0.3, -0.25) is 0 Å². The van der Waals surface area contributed by atoms with Gasteiger partial charge in [0.15, 0.2) is 0 Å². The normalized spacial score (nSPS) is 11.1. The van der Waals surface area contributed by atoms with E-state index in [1.165, 1.54) is 18.8 Å². The third-order valence-electron chi connectivity index (χ3n) is 1.47. The molecular weight excluding hydrogens is 120 g/mol. The minimum absolute atomic E-state index is 1.07. The van der Waals surface area contributed by atoms with Crippen LogP contribution >= 0.6 is 0 Å². The topological polar surface area (TPSA) is 0 Å². The zero-order valence-electron chi connectivity index (χ0n) is 7.06. The van der Waals surface area contributed by atoms with Crippen molar-refractivity contribution in [3.05, 3.63) is 30.7 Å². The highest BCUT2D eigenvalue weighted by molar-refractivity contribution is 4.93. The van der Waals surface area contributed by atoms with Gasteiger partial charge in [0.25, 0.3) is 0 Å². The van der Waals surface area contributed by atoms with Gasteiger partial charge in [-0.25, -0.2) is 0 Å². The Morgan fingerprint density at radius 1 is 1.50 bits per heavy atom. The van der Waals surface area contributed by atoms with Gasteiger partial charge in [0, 0.05) is 0 Å². The lowest BCUT2D eigenvalue weighted by Crippen LogP contribution is -1.87. The highest BCUT2D eigenvalue weighted by Crippen LogP contribution is 2.12. The Bertz CT molecular complexity index is 101. The van der Waals surface area contributed by atoms with Crippen molar-refractivity contribution in [2.45, 2.75) is 33.1 Å². The lowest BCUT2D eigenvalue weighted by Gasteiger charge is -2.03. The largest absolute Gasteiger partial charge is 0.103 e. The molecule has 0 aromatic carbocycles. The molecule has 0 aliphatic rings. The maximum absolute atomic E-state index is 3.69. The second kappa shape index (κ2) is 6.60. The fourth-order valence-corrected chi connectivity index (χ4v) is 0.845. The van der Waals surface area contributed by atoms with Gasteiger partial charge in [0.05, 0.1) is 0 Å². The summed E-state index contributed by atoms with van der Waals surface area (Å²) in [6, 6.07) is 0. The molecule has 57 valence electrons. The molecule has 0 saturated carbocycles. The molecule has 0 heteroatoms. The van der Waals surface area contributed by atoms with Crippen LogP contribution in [-0.4, -0.2) is 0 Å². The Morgan fingerprint density at radius 2 is 2.20 bits per heavy atom. The summed E-state index contributed by atoms with van der Waals surface area (Å²) in [5, 5.41) is 0. The fourth-order valence-electron chi connectivity index (χ4n) is 0.845. The van der Waals surface area contributed by atoms with E-state index in [1.807, 2.05) is 6.08 Å². The molecule has 0 fully saturated rings. The third-order valence-corrected chi connectivity index (χ3v) is 1.47. The molecule has 0 spiro atoms. The zero-order valence-corrected chi connectivity index (χ0v) is 7.06. The molecule has 0 N–H and O–H groups in total. The van der Waals surface area contributed by atoms with E-state index in [-0.39, 0.29) is 0 Å². The van der Waals surface area contributed by atoms with Crippen molar-refractivity contribution in [1.82, 2.24) is 0 Å². The maximum atomic E-state index is 3.69. The summed E-state index contributed by atoms with van der Waals surface area (Å²) in [4.78, 5) is 0. The summed E-state index contributed by atoms with van der Waals surface area (Å²) in [6.07, 6.45) is 9.71. The van der Waals surface area contributed by atoms with Gasteiger partial charge in [0.1, 0.15) is 0 Å². The molecule has 1 radical (unpaired) electrons. The van der Waals surface area contributed by atoms with Crippen molar-refractivity contribution < 1.29 is 0 Å². The Hall–Kier alpha value is -0.520. The van der Waals surface area contributed by atoms with Crippen LogP contribution in [0, 0.1) is 5.92 Å². The van der Waals surface area contributed by atoms with Crippen LogP contribution in [0.4, 0.5) is 0 Å². The van der Waals surface area contributed by atoms with Crippen molar-refractivity contribution in [2.24, 2.45) is 0 Å². The van der Waals surface area contributed by atoms with Crippen molar-refractivity contribution >= 4 is 0 Å². The number of hydrogen-bond donors (Lipinski definition) is 0. The lowest BCUT2D eigenvalue weighted by atomic mass is 10.0. The van der Waals surface area contributed by atoms with Crippen LogP contribution < -0.4 is 0 Å². The first-order valence-corrected chi connectivity index (χ1v) is 3.84. The molecule has 0 aliphatic heterocycles. The van der Waals surface area contributed by atoms with E-state index in [0.29, 0.717) is 0 Å². The molecule has 0 rings (SSSR count). The van der Waals surface area contributed by atoms with E-state index in [0.717, 1.165) is 6.42 Å². The SMILES string of the molecule is C=CC[C](C)CCC=CC. The van der Waals surface area contributed by atoms with E-state index < -0.39 is 0 Å². The minimum atomic E-state index is 1.07. The van der Waals surface area contributed by atoms with E-state index in [2.05, 4.69) is 32.6 Å². The van der Waals surface area contributed by atoms with Gasteiger partial charge in [-0.05, 0) is 32.1 Å². The number of rotatable bonds is 5. The second-order valence-corrected chi connectivity index (χ2v) is 2.56. The van der Waals surface area contributed by atoms with Crippen LogP contribution in [0.25, 0.3) is 0 Å². The smallest absolute Gasteiger partial charge is 0.0232 e. The Balaban J connectivity index is 3.20. The molecular formula is C10H17. The minimum Gasteiger partial charge on any atom is -0.103 e. The van der Waals surface area contributed by atoms with Crippen molar-refractivity contribution in [2.75, 3.05) is 0 Å². The molecule has 0 aromatic rings. The third kappa shape index (κ3) is 5.61. The predicted molar refractivity (Wildman–Crippen MR) is 47.8 cm³/mol. The van der Waals surface area contributed by atoms with Crippen LogP contribution in [0.5, 0.6) is 0 Å². The Morgan fingerprint density at radius 3 is 2.70 bits per heavy atom. The van der Waals surface area contributed by atoms with Gasteiger partial charge < -0.3 is 0 Å². The molecule has 0 amide bonds. The van der Waals surface area contributed by atoms with Gasteiger partial charge in [-0.1, -0.05) is 25.2 Å². The fraction of sp³-hybridized carbons (Fsp3) is 0.500. The first-order chi connectivity index (χ1) is 4.81. The average Bonchev–Trinajstić information content (AvgIpc) is 1.89. The Kier molecular flexibility index (Phi) is 6.25. The quantitative estimate of drug-likeness (QED) is 0.509. The van der Waals surface area contributed by atoms with Gasteiger partial charge in [0.2, 0.25) is 0 Å². The highest BCUT2D eigenvalue weighted by atomic mass is 14.0. The van der Waals surface area contributed by atoms with E-state index >= 15 is 0 Å². The molecule has 10 heavy (non-hydrogen) atoms. The predicted octanol–water partition coefficient (Wildman–Crippen LogP) is 3.51. The molecule has 0 atom stereocenters. The molecule has 0 unspecified atom stereocenters. The average molecular weight is 137 g/mol. The van der Waals surface area contributed by atoms with Crippen molar-refractivity contribution in [1.29, 1.82) is 0 Å². The standard InChI is InChI=1S/C10H17/c1-4-6-7-9-10(3)8-5-2/h4-6H,2,7-9H2,1,3H3. The molecule has 0 bridgehead atoms. The number of hydrogen-bond acceptors (Lipinski definition) is 0. The van der Waals surface area contributed by atoms with E-state index in [4.69, 9.17) is 0 Å². The first kappa shape index (κ1) is 9.48. The summed E-state index contributed by atoms with van der Waals surface area (Å²) in [5.41, 5.74) is 0. The van der Waals surface area contributed by atoms with Crippen LogP contribution in [-0.2, 0) is 0 Å². The molecule has 0 saturated heterocycles. The maximum Gasteiger partial charge on any atom is -0.0232 e. The molecule has 0 aliphatic carbocycles. The molecule has 0 heterocycles. The Labute approximate surface area is 64.6 Å². The zero-order chi connectivity index (χ0) is 7.82. The molecule has 0 nitrogen and oxygen atoms in total. The van der Waals surface area contributed by atoms with Gasteiger partial charge in [-0.15, -0.1) is 6.58 Å². The van der Waals surface area contributed by atoms with Crippen LogP contribution in [0.3, 0.4) is 0 Å². The highest BCUT2D eigenvalue weighted by Gasteiger charge is 1.96. The van der Waals surface area contributed by atoms with Crippen LogP contribution in [0.15, 0.2) is 24.8 Å². The van der Waals surface area contributed by atoms with Gasteiger partial charge >= 0.3 is 0 Å². The molecule has 0 aromatic heterocycles. The lowest BCUT2D eigenvalue weighted by molar-refractivity contribution is 0.806. The number of allylic oxidation sites excluding steroid dienone is 3. The summed E-state index contributed by atoms with van der Waals surface area (Å²) in [5.74, 6) is 1.52. The van der Waals surface area contributed by atoms with Gasteiger partial charge in [-0.2, -0.15) is 0 Å². The summed E-state index contributed by atoms with van der Waals surface area (Å²) >= 11 is 0. The van der Waals surface area contributed by atoms with Crippen LogP contribution in [0.2, 0.25) is 0 Å².